The highest BCUT2D eigenvalue weighted by Gasteiger charge is 2.03. The van der Waals surface area contributed by atoms with Crippen LogP contribution < -0.4 is 10.1 Å². The predicted octanol–water partition coefficient (Wildman–Crippen LogP) is 4.45. The highest BCUT2D eigenvalue weighted by atomic mass is 16.5. The number of nitrogens with one attached hydrogen (secondary N) is 1. The first-order valence-electron chi connectivity index (χ1n) is 7.58. The van der Waals surface area contributed by atoms with Gasteiger partial charge in [0.15, 0.2) is 0 Å². The van der Waals surface area contributed by atoms with E-state index in [1.165, 1.54) is 27.5 Å². The third-order valence-electron chi connectivity index (χ3n) is 3.89. The van der Waals surface area contributed by atoms with E-state index in [4.69, 9.17) is 4.74 Å². The van der Waals surface area contributed by atoms with Crippen molar-refractivity contribution in [3.8, 4) is 5.75 Å². The summed E-state index contributed by atoms with van der Waals surface area (Å²) in [5.41, 5.74) is 3.75. The maximum atomic E-state index is 5.42. The van der Waals surface area contributed by atoms with Crippen molar-refractivity contribution >= 4 is 10.8 Å². The Bertz CT molecular complexity index is 780. The molecular weight excluding hydrogens is 270 g/mol. The zero-order valence-corrected chi connectivity index (χ0v) is 13.1. The van der Waals surface area contributed by atoms with Gasteiger partial charge in [0.2, 0.25) is 0 Å². The van der Waals surface area contributed by atoms with Crippen LogP contribution >= 0.6 is 0 Å². The summed E-state index contributed by atoms with van der Waals surface area (Å²) in [5, 5.41) is 6.08. The van der Waals surface area contributed by atoms with Crippen LogP contribution in [0.3, 0.4) is 0 Å². The van der Waals surface area contributed by atoms with E-state index in [-0.39, 0.29) is 0 Å². The molecule has 3 rings (SSSR count). The van der Waals surface area contributed by atoms with E-state index in [9.17, 15) is 0 Å². The molecule has 1 N–H and O–H groups in total. The van der Waals surface area contributed by atoms with Crippen LogP contribution in [0.4, 0.5) is 0 Å². The van der Waals surface area contributed by atoms with Gasteiger partial charge in [-0.1, -0.05) is 54.1 Å². The molecule has 0 bridgehead atoms. The first-order chi connectivity index (χ1) is 10.8. The van der Waals surface area contributed by atoms with E-state index in [0.717, 1.165) is 18.8 Å². The van der Waals surface area contributed by atoms with Crippen LogP contribution in [0.25, 0.3) is 10.8 Å². The molecule has 0 fully saturated rings. The minimum atomic E-state index is 0.803. The summed E-state index contributed by atoms with van der Waals surface area (Å²) in [4.78, 5) is 0. The van der Waals surface area contributed by atoms with Gasteiger partial charge in [0.25, 0.3) is 0 Å². The lowest BCUT2D eigenvalue weighted by molar-refractivity contribution is 0.407. The minimum Gasteiger partial charge on any atom is -0.496 e. The van der Waals surface area contributed by atoms with Crippen molar-refractivity contribution in [1.82, 2.24) is 5.32 Å². The molecule has 2 nitrogen and oxygen atoms in total. The average molecular weight is 291 g/mol. The Morgan fingerprint density at radius 1 is 0.864 bits per heavy atom. The van der Waals surface area contributed by atoms with Gasteiger partial charge >= 0.3 is 0 Å². The molecule has 0 heterocycles. The lowest BCUT2D eigenvalue weighted by Crippen LogP contribution is -2.13. The van der Waals surface area contributed by atoms with Gasteiger partial charge in [-0.25, -0.2) is 0 Å². The first kappa shape index (κ1) is 14.6. The van der Waals surface area contributed by atoms with Gasteiger partial charge < -0.3 is 10.1 Å². The zero-order chi connectivity index (χ0) is 15.4. The summed E-state index contributed by atoms with van der Waals surface area (Å²) < 4.78 is 5.42. The van der Waals surface area contributed by atoms with Crippen molar-refractivity contribution in [1.29, 1.82) is 0 Å². The molecule has 22 heavy (non-hydrogen) atoms. The topological polar surface area (TPSA) is 21.3 Å². The van der Waals surface area contributed by atoms with Gasteiger partial charge in [-0.15, -0.1) is 0 Å². The maximum Gasteiger partial charge on any atom is 0.123 e. The van der Waals surface area contributed by atoms with Crippen molar-refractivity contribution in [3.05, 3.63) is 77.4 Å². The SMILES string of the molecule is COc1ccc(C)cc1CNCc1ccc2ccccc2c1. The molecule has 0 aliphatic heterocycles. The molecule has 3 aromatic carbocycles. The molecule has 0 atom stereocenters. The Labute approximate surface area is 131 Å². The molecule has 0 radical (unpaired) electrons. The summed E-state index contributed by atoms with van der Waals surface area (Å²) in [6.45, 7) is 3.76. The quantitative estimate of drug-likeness (QED) is 0.750. The standard InChI is InChI=1S/C20H21NO/c1-15-7-10-20(22-2)19(11-15)14-21-13-16-8-9-17-5-3-4-6-18(17)12-16/h3-12,21H,13-14H2,1-2H3. The summed E-state index contributed by atoms with van der Waals surface area (Å²) >= 11 is 0. The Hall–Kier alpha value is -2.32. The number of rotatable bonds is 5. The molecular formula is C20H21NO. The van der Waals surface area contributed by atoms with Gasteiger partial charge in [-0.2, -0.15) is 0 Å². The van der Waals surface area contributed by atoms with Gasteiger partial charge in [-0.05, 0) is 35.4 Å². The fourth-order valence-electron chi connectivity index (χ4n) is 2.74. The summed E-state index contributed by atoms with van der Waals surface area (Å²) in [6.07, 6.45) is 0. The van der Waals surface area contributed by atoms with E-state index < -0.39 is 0 Å². The van der Waals surface area contributed by atoms with Crippen LogP contribution in [0.15, 0.2) is 60.7 Å². The van der Waals surface area contributed by atoms with Gasteiger partial charge in [0, 0.05) is 18.7 Å². The van der Waals surface area contributed by atoms with Gasteiger partial charge in [0.05, 0.1) is 7.11 Å². The highest BCUT2D eigenvalue weighted by Crippen LogP contribution is 2.20. The molecule has 0 saturated carbocycles. The number of aryl methyl sites for hydroxylation is 1. The van der Waals surface area contributed by atoms with Crippen molar-refractivity contribution in [2.45, 2.75) is 20.0 Å². The number of methoxy groups -OCH3 is 1. The maximum absolute atomic E-state index is 5.42. The van der Waals surface area contributed by atoms with Crippen LogP contribution in [-0.4, -0.2) is 7.11 Å². The largest absolute Gasteiger partial charge is 0.496 e. The highest BCUT2D eigenvalue weighted by molar-refractivity contribution is 5.82. The molecule has 0 aromatic heterocycles. The average Bonchev–Trinajstić information content (AvgIpc) is 2.55. The third-order valence-corrected chi connectivity index (χ3v) is 3.89. The molecule has 3 aromatic rings. The number of hydrogen-bond acceptors (Lipinski definition) is 2. The van der Waals surface area contributed by atoms with Gasteiger partial charge in [-0.3, -0.25) is 0 Å². The zero-order valence-electron chi connectivity index (χ0n) is 13.1. The Morgan fingerprint density at radius 3 is 2.50 bits per heavy atom. The molecule has 0 aliphatic carbocycles. The van der Waals surface area contributed by atoms with Crippen LogP contribution in [0.2, 0.25) is 0 Å². The fourth-order valence-corrected chi connectivity index (χ4v) is 2.74. The van der Waals surface area contributed by atoms with Gasteiger partial charge in [0.1, 0.15) is 5.75 Å². The molecule has 0 aliphatic rings. The summed E-state index contributed by atoms with van der Waals surface area (Å²) in [6, 6.07) is 21.3. The lowest BCUT2D eigenvalue weighted by atomic mass is 10.1. The number of hydrogen-bond donors (Lipinski definition) is 1. The summed E-state index contributed by atoms with van der Waals surface area (Å²) in [7, 11) is 1.72. The number of benzene rings is 3. The van der Waals surface area contributed by atoms with E-state index in [1.54, 1.807) is 7.11 Å². The van der Waals surface area contributed by atoms with Crippen molar-refractivity contribution in [2.24, 2.45) is 0 Å². The normalized spacial score (nSPS) is 10.8. The number of fused-ring (bicyclic) bond motifs is 1. The molecule has 0 amide bonds. The lowest BCUT2D eigenvalue weighted by Gasteiger charge is -2.11. The Morgan fingerprint density at radius 2 is 1.68 bits per heavy atom. The minimum absolute atomic E-state index is 0.803. The fraction of sp³-hybridized carbons (Fsp3) is 0.200. The second kappa shape index (κ2) is 6.63. The van der Waals surface area contributed by atoms with Crippen LogP contribution in [0.1, 0.15) is 16.7 Å². The van der Waals surface area contributed by atoms with Crippen LogP contribution in [-0.2, 0) is 13.1 Å². The predicted molar refractivity (Wildman–Crippen MR) is 92.2 cm³/mol. The molecule has 2 heteroatoms. The van der Waals surface area contributed by atoms with Crippen molar-refractivity contribution < 1.29 is 4.74 Å². The van der Waals surface area contributed by atoms with Crippen molar-refractivity contribution in [3.63, 3.8) is 0 Å². The van der Waals surface area contributed by atoms with E-state index in [2.05, 4.69) is 66.8 Å². The second-order valence-electron chi connectivity index (χ2n) is 5.60. The Kier molecular flexibility index (Phi) is 4.40. The van der Waals surface area contributed by atoms with E-state index >= 15 is 0 Å². The van der Waals surface area contributed by atoms with Crippen LogP contribution in [0.5, 0.6) is 5.75 Å². The van der Waals surface area contributed by atoms with E-state index in [1.807, 2.05) is 6.07 Å². The van der Waals surface area contributed by atoms with E-state index in [0.29, 0.717) is 0 Å². The monoisotopic (exact) mass is 291 g/mol. The number of ether oxygens (including phenoxy) is 1. The van der Waals surface area contributed by atoms with Crippen LogP contribution in [0, 0.1) is 6.92 Å². The molecule has 0 saturated heterocycles. The molecule has 0 spiro atoms. The first-order valence-corrected chi connectivity index (χ1v) is 7.58. The van der Waals surface area contributed by atoms with Crippen molar-refractivity contribution in [2.75, 3.05) is 7.11 Å². The molecule has 0 unspecified atom stereocenters. The second-order valence-corrected chi connectivity index (χ2v) is 5.60. The molecule has 112 valence electrons. The Balaban J connectivity index is 1.68. The summed E-state index contributed by atoms with van der Waals surface area (Å²) in [5.74, 6) is 0.941. The smallest absolute Gasteiger partial charge is 0.123 e. The third kappa shape index (κ3) is 3.29.